The molecule has 180 valence electrons. The summed E-state index contributed by atoms with van der Waals surface area (Å²) in [5.74, 6) is -0.625. The summed E-state index contributed by atoms with van der Waals surface area (Å²) in [5.41, 5.74) is 2.73. The van der Waals surface area contributed by atoms with E-state index in [1.807, 2.05) is 60.7 Å². The lowest BCUT2D eigenvalue weighted by atomic mass is 9.80. The molecule has 1 aliphatic rings. The van der Waals surface area contributed by atoms with Gasteiger partial charge in [0.1, 0.15) is 24.7 Å². The van der Waals surface area contributed by atoms with E-state index in [2.05, 4.69) is 0 Å². The highest BCUT2D eigenvalue weighted by atomic mass is 16.5. The first-order valence-corrected chi connectivity index (χ1v) is 11.6. The fourth-order valence-corrected chi connectivity index (χ4v) is 4.50. The molecule has 0 spiro atoms. The summed E-state index contributed by atoms with van der Waals surface area (Å²) in [6, 6.07) is 25.3. The number of hydrogen-bond acceptors (Lipinski definition) is 6. The molecule has 0 heterocycles. The first kappa shape index (κ1) is 23.5. The average molecular weight is 481 g/mol. The monoisotopic (exact) mass is 480 g/mol. The Hall–Kier alpha value is -4.26. The SMILES string of the molecule is O=C1c2ccccc2C(=O)c2c(OCc3ccccc3)c(CO)c(CO)c(OCc3ccccc3)c21. The lowest BCUT2D eigenvalue weighted by molar-refractivity contribution is 0.0969. The molecule has 0 fully saturated rings. The summed E-state index contributed by atoms with van der Waals surface area (Å²) >= 11 is 0. The minimum absolute atomic E-state index is 0.0407. The van der Waals surface area contributed by atoms with Gasteiger partial charge in [-0.2, -0.15) is 0 Å². The molecule has 0 unspecified atom stereocenters. The average Bonchev–Trinajstić information content (AvgIpc) is 2.93. The number of carbonyl (C=O) groups is 2. The maximum absolute atomic E-state index is 13.7. The Morgan fingerprint density at radius 1 is 0.528 bits per heavy atom. The van der Waals surface area contributed by atoms with E-state index >= 15 is 0 Å². The first-order valence-electron chi connectivity index (χ1n) is 11.6. The van der Waals surface area contributed by atoms with Gasteiger partial charge in [-0.05, 0) is 11.1 Å². The van der Waals surface area contributed by atoms with Gasteiger partial charge in [0, 0.05) is 22.3 Å². The van der Waals surface area contributed by atoms with Crippen LogP contribution in [-0.2, 0) is 26.4 Å². The van der Waals surface area contributed by atoms with Crippen LogP contribution in [0.25, 0.3) is 0 Å². The number of carbonyl (C=O) groups excluding carboxylic acids is 2. The second kappa shape index (κ2) is 10.2. The summed E-state index contributed by atoms with van der Waals surface area (Å²) in [6.07, 6.45) is 0. The molecular weight excluding hydrogens is 456 g/mol. The van der Waals surface area contributed by atoms with E-state index in [0.29, 0.717) is 0 Å². The zero-order valence-corrected chi connectivity index (χ0v) is 19.4. The molecule has 5 rings (SSSR count). The third-order valence-corrected chi connectivity index (χ3v) is 6.26. The van der Waals surface area contributed by atoms with Crippen molar-refractivity contribution in [2.45, 2.75) is 26.4 Å². The second-order valence-electron chi connectivity index (χ2n) is 8.43. The number of ketones is 2. The van der Waals surface area contributed by atoms with Gasteiger partial charge in [-0.25, -0.2) is 0 Å². The van der Waals surface area contributed by atoms with Crippen LogP contribution in [0.3, 0.4) is 0 Å². The molecular formula is C30H24O6. The number of fused-ring (bicyclic) bond motifs is 2. The van der Waals surface area contributed by atoms with Crippen molar-refractivity contribution in [3.63, 3.8) is 0 Å². The predicted molar refractivity (Wildman–Crippen MR) is 133 cm³/mol. The Morgan fingerprint density at radius 3 is 1.25 bits per heavy atom. The first-order chi connectivity index (χ1) is 17.6. The van der Waals surface area contributed by atoms with Gasteiger partial charge in [0.05, 0.1) is 24.3 Å². The van der Waals surface area contributed by atoms with Gasteiger partial charge in [-0.3, -0.25) is 9.59 Å². The smallest absolute Gasteiger partial charge is 0.198 e. The van der Waals surface area contributed by atoms with Crippen LogP contribution in [0.1, 0.15) is 54.1 Å². The van der Waals surface area contributed by atoms with Crippen LogP contribution in [0.2, 0.25) is 0 Å². The number of ether oxygens (including phenoxy) is 2. The Balaban J connectivity index is 1.70. The van der Waals surface area contributed by atoms with Gasteiger partial charge in [0.15, 0.2) is 11.6 Å². The summed E-state index contributed by atoms with van der Waals surface area (Å²) in [5, 5.41) is 20.7. The molecule has 1 aliphatic carbocycles. The number of rotatable bonds is 8. The predicted octanol–water partition coefficient (Wildman–Crippen LogP) is 4.60. The van der Waals surface area contributed by atoms with Crippen molar-refractivity contribution in [1.82, 2.24) is 0 Å². The summed E-state index contributed by atoms with van der Waals surface area (Å²) in [7, 11) is 0. The van der Waals surface area contributed by atoms with Crippen molar-refractivity contribution >= 4 is 11.6 Å². The lowest BCUT2D eigenvalue weighted by Gasteiger charge is -2.27. The minimum atomic E-state index is -0.516. The van der Waals surface area contributed by atoms with Gasteiger partial charge < -0.3 is 19.7 Å². The maximum Gasteiger partial charge on any atom is 0.198 e. The number of aliphatic hydroxyl groups is 2. The molecule has 0 atom stereocenters. The van der Waals surface area contributed by atoms with E-state index in [1.54, 1.807) is 24.3 Å². The molecule has 2 N–H and O–H groups in total. The fraction of sp³-hybridized carbons (Fsp3) is 0.133. The quantitative estimate of drug-likeness (QED) is 0.337. The zero-order valence-electron chi connectivity index (χ0n) is 19.4. The normalized spacial score (nSPS) is 12.2. The van der Waals surface area contributed by atoms with Gasteiger partial charge in [-0.15, -0.1) is 0 Å². The molecule has 6 heteroatoms. The number of benzene rings is 4. The fourth-order valence-electron chi connectivity index (χ4n) is 4.50. The van der Waals surface area contributed by atoms with Crippen LogP contribution in [0.4, 0.5) is 0 Å². The van der Waals surface area contributed by atoms with Gasteiger partial charge in [0.25, 0.3) is 0 Å². The van der Waals surface area contributed by atoms with Crippen molar-refractivity contribution < 1.29 is 29.3 Å². The van der Waals surface area contributed by atoms with Crippen molar-refractivity contribution in [2.24, 2.45) is 0 Å². The van der Waals surface area contributed by atoms with Gasteiger partial charge in [-0.1, -0.05) is 84.9 Å². The van der Waals surface area contributed by atoms with Crippen molar-refractivity contribution in [2.75, 3.05) is 0 Å². The molecule has 0 bridgehead atoms. The molecule has 0 amide bonds. The third-order valence-electron chi connectivity index (χ3n) is 6.26. The molecule has 0 saturated carbocycles. The van der Waals surface area contributed by atoms with E-state index in [9.17, 15) is 19.8 Å². The Bertz CT molecular complexity index is 1320. The number of aliphatic hydroxyl groups excluding tert-OH is 2. The molecule has 0 aromatic heterocycles. The summed E-state index contributed by atoms with van der Waals surface area (Å²) in [4.78, 5) is 27.5. The molecule has 4 aromatic carbocycles. The summed E-state index contributed by atoms with van der Waals surface area (Å²) in [6.45, 7) is -0.812. The second-order valence-corrected chi connectivity index (χ2v) is 8.43. The van der Waals surface area contributed by atoms with Crippen LogP contribution in [0, 0.1) is 0 Å². The van der Waals surface area contributed by atoms with E-state index in [1.165, 1.54) is 0 Å². The largest absolute Gasteiger partial charge is 0.488 e. The Morgan fingerprint density at radius 2 is 0.889 bits per heavy atom. The van der Waals surface area contributed by atoms with Crippen LogP contribution in [0.5, 0.6) is 11.5 Å². The molecule has 0 radical (unpaired) electrons. The van der Waals surface area contributed by atoms with Crippen molar-refractivity contribution in [3.05, 3.63) is 129 Å². The van der Waals surface area contributed by atoms with E-state index in [0.717, 1.165) is 11.1 Å². The topological polar surface area (TPSA) is 93.1 Å². The Kier molecular flexibility index (Phi) is 6.62. The minimum Gasteiger partial charge on any atom is -0.488 e. The van der Waals surface area contributed by atoms with E-state index in [4.69, 9.17) is 9.47 Å². The van der Waals surface area contributed by atoms with E-state index < -0.39 is 24.8 Å². The standard InChI is InChI=1S/C30H24O6/c31-15-23-24(16-32)30(36-18-20-11-5-2-6-12-20)26-25(29(23)35-17-19-9-3-1-4-10-19)27(33)21-13-7-8-14-22(21)28(26)34/h1-14,31-32H,15-18H2. The van der Waals surface area contributed by atoms with Gasteiger partial charge in [0.2, 0.25) is 0 Å². The van der Waals surface area contributed by atoms with Crippen molar-refractivity contribution in [1.29, 1.82) is 0 Å². The highest BCUT2D eigenvalue weighted by molar-refractivity contribution is 6.30. The molecule has 6 nitrogen and oxygen atoms in total. The lowest BCUT2D eigenvalue weighted by Crippen LogP contribution is -2.25. The molecule has 36 heavy (non-hydrogen) atoms. The zero-order chi connectivity index (χ0) is 25.1. The highest BCUT2D eigenvalue weighted by Crippen LogP contribution is 2.45. The molecule has 4 aromatic rings. The van der Waals surface area contributed by atoms with E-state index in [-0.39, 0.29) is 58.1 Å². The number of hydrogen-bond donors (Lipinski definition) is 2. The third kappa shape index (κ3) is 4.17. The van der Waals surface area contributed by atoms with Crippen LogP contribution >= 0.6 is 0 Å². The van der Waals surface area contributed by atoms with Gasteiger partial charge >= 0.3 is 0 Å². The Labute approximate surface area is 208 Å². The van der Waals surface area contributed by atoms with Crippen LogP contribution in [-0.4, -0.2) is 21.8 Å². The van der Waals surface area contributed by atoms with Crippen molar-refractivity contribution in [3.8, 4) is 11.5 Å². The molecule has 0 saturated heterocycles. The van der Waals surface area contributed by atoms with Crippen LogP contribution in [0.15, 0.2) is 84.9 Å². The van der Waals surface area contributed by atoms with Crippen LogP contribution < -0.4 is 9.47 Å². The summed E-state index contributed by atoms with van der Waals surface area (Å²) < 4.78 is 12.2. The molecule has 0 aliphatic heterocycles. The highest BCUT2D eigenvalue weighted by Gasteiger charge is 2.38. The maximum atomic E-state index is 13.7.